The van der Waals surface area contributed by atoms with Crippen molar-refractivity contribution in [1.29, 1.82) is 0 Å². The molecule has 7 heteroatoms. The molecule has 0 radical (unpaired) electrons. The van der Waals surface area contributed by atoms with Crippen LogP contribution in [-0.2, 0) is 5.41 Å². The van der Waals surface area contributed by atoms with E-state index in [2.05, 4.69) is 20.5 Å². The van der Waals surface area contributed by atoms with E-state index in [1.807, 2.05) is 20.8 Å². The molecule has 5 nitrogen and oxygen atoms in total. The molecule has 1 aromatic heterocycles. The van der Waals surface area contributed by atoms with E-state index in [1.165, 1.54) is 6.07 Å². The molecule has 0 atom stereocenters. The van der Waals surface area contributed by atoms with Crippen LogP contribution in [0.2, 0.25) is 0 Å². The number of amides is 1. The zero-order valence-corrected chi connectivity index (χ0v) is 11.3. The smallest absolute Gasteiger partial charge is 0.295 e. The molecule has 0 aliphatic rings. The lowest BCUT2D eigenvalue weighted by Crippen LogP contribution is -2.17. The van der Waals surface area contributed by atoms with Crippen molar-refractivity contribution in [2.45, 2.75) is 26.2 Å². The molecule has 2 aromatic rings. The lowest BCUT2D eigenvalue weighted by Gasteiger charge is -2.12. The molecule has 1 amide bonds. The number of benzene rings is 1. The lowest BCUT2D eigenvalue weighted by molar-refractivity contribution is 0.101. The Morgan fingerprint density at radius 3 is 2.35 bits per heavy atom. The molecule has 106 valence electrons. The standard InChI is InChI=1S/C13H14F2N4O/c1-13(2,3)12-17-10(18-19-12)11(20)16-9-7(14)5-4-6-8(9)15/h4-6H,1-3H3,(H,16,20)(H,17,18,19). The number of rotatable bonds is 2. The first-order valence-corrected chi connectivity index (χ1v) is 5.97. The number of carbonyl (C=O) groups excluding carboxylic acids is 1. The van der Waals surface area contributed by atoms with Crippen LogP contribution in [0.5, 0.6) is 0 Å². The van der Waals surface area contributed by atoms with Gasteiger partial charge in [-0.15, -0.1) is 5.10 Å². The van der Waals surface area contributed by atoms with Gasteiger partial charge >= 0.3 is 0 Å². The van der Waals surface area contributed by atoms with E-state index in [0.717, 1.165) is 12.1 Å². The minimum Gasteiger partial charge on any atom is -0.314 e. The molecule has 0 spiro atoms. The average molecular weight is 280 g/mol. The van der Waals surface area contributed by atoms with Gasteiger partial charge in [-0.2, -0.15) is 0 Å². The Kier molecular flexibility index (Phi) is 3.52. The molecule has 2 rings (SSSR count). The Hall–Kier alpha value is -2.31. The van der Waals surface area contributed by atoms with Gasteiger partial charge in [0.1, 0.15) is 23.1 Å². The van der Waals surface area contributed by atoms with Crippen molar-refractivity contribution >= 4 is 11.6 Å². The maximum Gasteiger partial charge on any atom is 0.295 e. The SMILES string of the molecule is CC(C)(C)c1nc(C(=O)Nc2c(F)cccc2F)n[nH]1. The largest absolute Gasteiger partial charge is 0.314 e. The van der Waals surface area contributed by atoms with Crippen LogP contribution in [0.3, 0.4) is 0 Å². The highest BCUT2D eigenvalue weighted by molar-refractivity contribution is 6.01. The number of para-hydroxylation sites is 1. The van der Waals surface area contributed by atoms with E-state index in [1.54, 1.807) is 0 Å². The quantitative estimate of drug-likeness (QED) is 0.888. The number of H-pyrrole nitrogens is 1. The van der Waals surface area contributed by atoms with E-state index in [4.69, 9.17) is 0 Å². The Balaban J connectivity index is 2.23. The Morgan fingerprint density at radius 2 is 1.85 bits per heavy atom. The van der Waals surface area contributed by atoms with Crippen LogP contribution in [0, 0.1) is 11.6 Å². The molecule has 0 saturated heterocycles. The van der Waals surface area contributed by atoms with Gasteiger partial charge in [0.25, 0.3) is 5.91 Å². The zero-order chi connectivity index (χ0) is 14.9. The number of anilines is 1. The van der Waals surface area contributed by atoms with Crippen molar-refractivity contribution in [3.63, 3.8) is 0 Å². The summed E-state index contributed by atoms with van der Waals surface area (Å²) >= 11 is 0. The van der Waals surface area contributed by atoms with Crippen molar-refractivity contribution in [3.8, 4) is 0 Å². The highest BCUT2D eigenvalue weighted by Gasteiger charge is 2.22. The van der Waals surface area contributed by atoms with E-state index in [-0.39, 0.29) is 11.2 Å². The highest BCUT2D eigenvalue weighted by Crippen LogP contribution is 2.20. The number of carbonyl (C=O) groups is 1. The molecule has 0 fully saturated rings. The van der Waals surface area contributed by atoms with E-state index in [0.29, 0.717) is 5.82 Å². The Morgan fingerprint density at radius 1 is 1.25 bits per heavy atom. The summed E-state index contributed by atoms with van der Waals surface area (Å²) in [6.07, 6.45) is 0. The molecule has 1 aromatic carbocycles. The molecule has 0 saturated carbocycles. The molecule has 20 heavy (non-hydrogen) atoms. The highest BCUT2D eigenvalue weighted by atomic mass is 19.1. The predicted octanol–water partition coefficient (Wildman–Crippen LogP) is 2.63. The summed E-state index contributed by atoms with van der Waals surface area (Å²) < 4.78 is 26.8. The first kappa shape index (κ1) is 14.1. The molecule has 0 aliphatic carbocycles. The number of nitrogens with zero attached hydrogens (tertiary/aromatic N) is 2. The van der Waals surface area contributed by atoms with Crippen molar-refractivity contribution in [1.82, 2.24) is 15.2 Å². The second-order valence-electron chi connectivity index (χ2n) is 5.31. The zero-order valence-electron chi connectivity index (χ0n) is 11.3. The van der Waals surface area contributed by atoms with Crippen LogP contribution in [0.25, 0.3) is 0 Å². The van der Waals surface area contributed by atoms with Gasteiger partial charge < -0.3 is 5.32 Å². The van der Waals surface area contributed by atoms with Crippen LogP contribution < -0.4 is 5.32 Å². The Bertz CT molecular complexity index is 626. The van der Waals surface area contributed by atoms with Crippen LogP contribution in [-0.4, -0.2) is 21.1 Å². The molecule has 2 N–H and O–H groups in total. The number of nitrogens with one attached hydrogen (secondary N) is 2. The minimum absolute atomic E-state index is 0.169. The van der Waals surface area contributed by atoms with Gasteiger partial charge in [0.2, 0.25) is 5.82 Å². The molecule has 0 bridgehead atoms. The summed E-state index contributed by atoms with van der Waals surface area (Å²) in [5, 5.41) is 8.50. The number of hydrogen-bond donors (Lipinski definition) is 2. The summed E-state index contributed by atoms with van der Waals surface area (Å²) in [5.74, 6) is -2.15. The number of aromatic nitrogens is 3. The van der Waals surface area contributed by atoms with Gasteiger partial charge in [-0.1, -0.05) is 26.8 Å². The van der Waals surface area contributed by atoms with Gasteiger partial charge in [0, 0.05) is 5.41 Å². The monoisotopic (exact) mass is 280 g/mol. The third-order valence-electron chi connectivity index (χ3n) is 2.60. The van der Waals surface area contributed by atoms with Crippen molar-refractivity contribution in [2.24, 2.45) is 0 Å². The summed E-state index contributed by atoms with van der Waals surface area (Å²) in [5.41, 5.74) is -0.825. The molecule has 0 unspecified atom stereocenters. The van der Waals surface area contributed by atoms with E-state index >= 15 is 0 Å². The summed E-state index contributed by atoms with van der Waals surface area (Å²) in [6.45, 7) is 5.68. The van der Waals surface area contributed by atoms with E-state index in [9.17, 15) is 13.6 Å². The summed E-state index contributed by atoms with van der Waals surface area (Å²) in [6, 6.07) is 3.32. The first-order chi connectivity index (χ1) is 9.29. The normalized spacial score (nSPS) is 11.4. The van der Waals surface area contributed by atoms with Crippen LogP contribution in [0.4, 0.5) is 14.5 Å². The van der Waals surface area contributed by atoms with Gasteiger partial charge in [0.05, 0.1) is 0 Å². The van der Waals surface area contributed by atoms with Gasteiger partial charge in [-0.05, 0) is 12.1 Å². The molecule has 1 heterocycles. The third kappa shape index (κ3) is 2.81. The van der Waals surface area contributed by atoms with E-state index < -0.39 is 23.2 Å². The molecular weight excluding hydrogens is 266 g/mol. The van der Waals surface area contributed by atoms with Crippen LogP contribution in [0.1, 0.15) is 37.2 Å². The lowest BCUT2D eigenvalue weighted by atomic mass is 9.96. The van der Waals surface area contributed by atoms with Crippen molar-refractivity contribution in [3.05, 3.63) is 41.5 Å². The van der Waals surface area contributed by atoms with Gasteiger partial charge in [-0.25, -0.2) is 13.8 Å². The summed E-state index contributed by atoms with van der Waals surface area (Å²) in [7, 11) is 0. The fraction of sp³-hybridized carbons (Fsp3) is 0.308. The van der Waals surface area contributed by atoms with Gasteiger partial charge in [0.15, 0.2) is 0 Å². The van der Waals surface area contributed by atoms with Gasteiger partial charge in [-0.3, -0.25) is 9.89 Å². The van der Waals surface area contributed by atoms with Crippen molar-refractivity contribution in [2.75, 3.05) is 5.32 Å². The maximum absolute atomic E-state index is 13.4. The molecular formula is C13H14F2N4O. The topological polar surface area (TPSA) is 70.7 Å². The predicted molar refractivity (Wildman–Crippen MR) is 69.4 cm³/mol. The fourth-order valence-electron chi connectivity index (χ4n) is 1.49. The minimum atomic E-state index is -0.857. The molecule has 0 aliphatic heterocycles. The van der Waals surface area contributed by atoms with Crippen molar-refractivity contribution < 1.29 is 13.6 Å². The number of halogens is 2. The Labute approximate surface area is 114 Å². The number of aromatic amines is 1. The fourth-order valence-corrected chi connectivity index (χ4v) is 1.49. The first-order valence-electron chi connectivity index (χ1n) is 5.97. The average Bonchev–Trinajstić information content (AvgIpc) is 2.83. The second kappa shape index (κ2) is 4.99. The van der Waals surface area contributed by atoms with Crippen LogP contribution in [0.15, 0.2) is 18.2 Å². The second-order valence-corrected chi connectivity index (χ2v) is 5.31. The van der Waals surface area contributed by atoms with Crippen LogP contribution >= 0.6 is 0 Å². The maximum atomic E-state index is 13.4. The third-order valence-corrected chi connectivity index (χ3v) is 2.60. The number of hydrogen-bond acceptors (Lipinski definition) is 3. The summed E-state index contributed by atoms with van der Waals surface area (Å²) in [4.78, 5) is 15.9.